The van der Waals surface area contributed by atoms with E-state index in [9.17, 15) is 4.79 Å². The van der Waals surface area contributed by atoms with Crippen LogP contribution in [0.25, 0.3) is 16.5 Å². The van der Waals surface area contributed by atoms with Crippen LogP contribution in [0.3, 0.4) is 0 Å². The van der Waals surface area contributed by atoms with Crippen LogP contribution >= 0.6 is 11.8 Å². The molecule has 0 aliphatic carbocycles. The first kappa shape index (κ1) is 22.9. The molecule has 4 nitrogen and oxygen atoms in total. The smallest absolute Gasteiger partial charge is 0.338 e. The van der Waals surface area contributed by atoms with Gasteiger partial charge in [-0.2, -0.15) is 0 Å². The van der Waals surface area contributed by atoms with Gasteiger partial charge in [-0.25, -0.2) is 9.79 Å². The van der Waals surface area contributed by atoms with Crippen molar-refractivity contribution in [1.29, 1.82) is 0 Å². The van der Waals surface area contributed by atoms with E-state index in [2.05, 4.69) is 47.8 Å². The van der Waals surface area contributed by atoms with E-state index in [1.807, 2.05) is 67.6 Å². The standard InChI is InChI=1S/C30H26N2O2S/c1-2-34-29(33)26-27(22-13-5-3-6-14-22)31-30(32-28(26)23-15-7-4-8-16-23)35-20-24-18-11-17-21-12-9-10-19-25(21)24/h3-19,27H,2,20H2,1H3,(H,31,32)/t27-/m1/s1. The van der Waals surface area contributed by atoms with Crippen LogP contribution in [-0.2, 0) is 15.3 Å². The molecular weight excluding hydrogens is 452 g/mol. The number of aliphatic imine (C=N–C) groups is 1. The van der Waals surface area contributed by atoms with Gasteiger partial charge in [-0.15, -0.1) is 0 Å². The number of esters is 1. The number of hydrogen-bond donors (Lipinski definition) is 1. The van der Waals surface area contributed by atoms with E-state index >= 15 is 0 Å². The molecule has 0 aromatic heterocycles. The Kier molecular flexibility index (Phi) is 6.96. The van der Waals surface area contributed by atoms with E-state index in [4.69, 9.17) is 9.73 Å². The minimum absolute atomic E-state index is 0.304. The minimum atomic E-state index is -0.457. The molecule has 0 saturated heterocycles. The fourth-order valence-electron chi connectivity index (χ4n) is 4.29. The van der Waals surface area contributed by atoms with E-state index in [0.29, 0.717) is 12.2 Å². The number of nitrogens with zero attached hydrogens (tertiary/aromatic N) is 1. The molecule has 1 heterocycles. The van der Waals surface area contributed by atoms with Crippen molar-refractivity contribution in [1.82, 2.24) is 5.32 Å². The topological polar surface area (TPSA) is 50.7 Å². The first-order chi connectivity index (χ1) is 17.2. The highest BCUT2D eigenvalue weighted by Crippen LogP contribution is 2.37. The quantitative estimate of drug-likeness (QED) is 0.312. The molecule has 5 rings (SSSR count). The summed E-state index contributed by atoms with van der Waals surface area (Å²) in [6.45, 7) is 2.13. The molecule has 0 fully saturated rings. The number of carbonyl (C=O) groups is 1. The molecular formula is C30H26N2O2S. The van der Waals surface area contributed by atoms with Crippen molar-refractivity contribution >= 4 is 39.4 Å². The zero-order valence-corrected chi connectivity index (χ0v) is 20.3. The Morgan fingerprint density at radius 3 is 2.34 bits per heavy atom. The van der Waals surface area contributed by atoms with Crippen LogP contribution in [0.1, 0.15) is 29.7 Å². The second kappa shape index (κ2) is 10.6. The number of hydrogen-bond acceptors (Lipinski definition) is 5. The molecule has 1 aliphatic heterocycles. The molecule has 1 atom stereocenters. The van der Waals surface area contributed by atoms with Crippen LogP contribution < -0.4 is 5.32 Å². The molecule has 0 amide bonds. The van der Waals surface area contributed by atoms with Crippen molar-refractivity contribution in [3.05, 3.63) is 125 Å². The molecule has 1 N–H and O–H groups in total. The summed E-state index contributed by atoms with van der Waals surface area (Å²) in [4.78, 5) is 18.2. The summed E-state index contributed by atoms with van der Waals surface area (Å²) in [5.41, 5.74) is 4.39. The maximum absolute atomic E-state index is 13.2. The van der Waals surface area contributed by atoms with Crippen molar-refractivity contribution in [2.75, 3.05) is 6.61 Å². The molecule has 4 aromatic rings. The third kappa shape index (κ3) is 5.00. The normalized spacial score (nSPS) is 15.5. The van der Waals surface area contributed by atoms with Crippen molar-refractivity contribution in [2.24, 2.45) is 4.99 Å². The van der Waals surface area contributed by atoms with Crippen molar-refractivity contribution in [2.45, 2.75) is 18.7 Å². The number of ether oxygens (including phenoxy) is 1. The van der Waals surface area contributed by atoms with E-state index in [-0.39, 0.29) is 5.97 Å². The zero-order chi connectivity index (χ0) is 24.0. The fourth-order valence-corrected chi connectivity index (χ4v) is 5.19. The van der Waals surface area contributed by atoms with Gasteiger partial charge in [0.25, 0.3) is 0 Å². The first-order valence-electron chi connectivity index (χ1n) is 11.7. The SMILES string of the molecule is CCOC(=O)C1=C(c2ccccc2)NC(SCc2cccc3ccccc23)=N[C@@H]1c1ccccc1. The largest absolute Gasteiger partial charge is 0.463 e. The monoisotopic (exact) mass is 478 g/mol. The maximum Gasteiger partial charge on any atom is 0.338 e. The molecule has 0 spiro atoms. The molecule has 1 aliphatic rings. The highest BCUT2D eigenvalue weighted by Gasteiger charge is 2.32. The number of benzene rings is 4. The zero-order valence-electron chi connectivity index (χ0n) is 19.5. The lowest BCUT2D eigenvalue weighted by molar-refractivity contribution is -0.138. The maximum atomic E-state index is 13.2. The second-order valence-electron chi connectivity index (χ2n) is 8.17. The van der Waals surface area contributed by atoms with Gasteiger partial charge in [-0.3, -0.25) is 0 Å². The second-order valence-corrected chi connectivity index (χ2v) is 9.14. The van der Waals surface area contributed by atoms with Gasteiger partial charge in [-0.1, -0.05) is 115 Å². The van der Waals surface area contributed by atoms with Crippen LogP contribution in [-0.4, -0.2) is 17.7 Å². The van der Waals surface area contributed by atoms with Crippen molar-refractivity contribution < 1.29 is 9.53 Å². The number of amidine groups is 1. The summed E-state index contributed by atoms with van der Waals surface area (Å²) in [5.74, 6) is 0.403. The van der Waals surface area contributed by atoms with Crippen LogP contribution in [0.2, 0.25) is 0 Å². The van der Waals surface area contributed by atoms with Gasteiger partial charge in [0.1, 0.15) is 6.04 Å². The van der Waals surface area contributed by atoms with Gasteiger partial charge >= 0.3 is 5.97 Å². The number of fused-ring (bicyclic) bond motifs is 1. The first-order valence-corrected chi connectivity index (χ1v) is 12.7. The van der Waals surface area contributed by atoms with Gasteiger partial charge in [0.15, 0.2) is 5.17 Å². The lowest BCUT2D eigenvalue weighted by Gasteiger charge is -2.27. The van der Waals surface area contributed by atoms with E-state index in [1.54, 1.807) is 11.8 Å². The van der Waals surface area contributed by atoms with Gasteiger partial charge < -0.3 is 10.1 Å². The van der Waals surface area contributed by atoms with Crippen molar-refractivity contribution in [3.8, 4) is 0 Å². The molecule has 4 aromatic carbocycles. The molecule has 0 saturated carbocycles. The van der Waals surface area contributed by atoms with Crippen molar-refractivity contribution in [3.63, 3.8) is 0 Å². The Labute approximate surface area is 209 Å². The Bertz CT molecular complexity index is 1390. The van der Waals surface area contributed by atoms with E-state index in [1.165, 1.54) is 16.3 Å². The molecule has 5 heteroatoms. The van der Waals surface area contributed by atoms with Gasteiger partial charge in [0.2, 0.25) is 0 Å². The average Bonchev–Trinajstić information content (AvgIpc) is 2.92. The van der Waals surface area contributed by atoms with E-state index in [0.717, 1.165) is 27.7 Å². The molecule has 0 unspecified atom stereocenters. The van der Waals surface area contributed by atoms with Crippen LogP contribution in [0.15, 0.2) is 114 Å². The molecule has 174 valence electrons. The lowest BCUT2D eigenvalue weighted by atomic mass is 9.94. The summed E-state index contributed by atoms with van der Waals surface area (Å²) in [5, 5.41) is 6.71. The average molecular weight is 479 g/mol. The third-order valence-corrected chi connectivity index (χ3v) is 6.87. The summed E-state index contributed by atoms with van der Waals surface area (Å²) in [7, 11) is 0. The number of rotatable bonds is 6. The molecule has 35 heavy (non-hydrogen) atoms. The number of thioether (sulfide) groups is 1. The predicted molar refractivity (Wildman–Crippen MR) is 145 cm³/mol. The van der Waals surface area contributed by atoms with Gasteiger partial charge in [0, 0.05) is 5.75 Å². The Balaban J connectivity index is 1.54. The van der Waals surface area contributed by atoms with Crippen LogP contribution in [0.4, 0.5) is 0 Å². The Hall–Kier alpha value is -3.83. The lowest BCUT2D eigenvalue weighted by Crippen LogP contribution is -2.31. The molecule has 0 bridgehead atoms. The molecule has 0 radical (unpaired) electrons. The van der Waals surface area contributed by atoms with Crippen LogP contribution in [0, 0.1) is 0 Å². The number of carbonyl (C=O) groups excluding carboxylic acids is 1. The summed E-state index contributed by atoms with van der Waals surface area (Å²) >= 11 is 1.64. The third-order valence-electron chi connectivity index (χ3n) is 5.94. The van der Waals surface area contributed by atoms with Gasteiger partial charge in [0.05, 0.1) is 17.9 Å². The summed E-state index contributed by atoms with van der Waals surface area (Å²) in [6, 6.07) is 34.2. The predicted octanol–water partition coefficient (Wildman–Crippen LogP) is 6.75. The van der Waals surface area contributed by atoms with Gasteiger partial charge in [-0.05, 0) is 34.4 Å². The number of nitrogens with one attached hydrogen (secondary N) is 1. The fraction of sp³-hybridized carbons (Fsp3) is 0.133. The van der Waals surface area contributed by atoms with Crippen LogP contribution in [0.5, 0.6) is 0 Å². The van der Waals surface area contributed by atoms with E-state index < -0.39 is 6.04 Å². The Morgan fingerprint density at radius 1 is 0.886 bits per heavy atom. The summed E-state index contributed by atoms with van der Waals surface area (Å²) in [6.07, 6.45) is 0. The summed E-state index contributed by atoms with van der Waals surface area (Å²) < 4.78 is 5.48. The Morgan fingerprint density at radius 2 is 1.57 bits per heavy atom. The highest BCUT2D eigenvalue weighted by molar-refractivity contribution is 8.13. The minimum Gasteiger partial charge on any atom is -0.463 e. The highest BCUT2D eigenvalue weighted by atomic mass is 32.2.